The average molecular weight is 440 g/mol. The number of alkyl halides is 3. The van der Waals surface area contributed by atoms with Gasteiger partial charge >= 0.3 is 6.18 Å². The Bertz CT molecular complexity index is 1160. The highest BCUT2D eigenvalue weighted by Crippen LogP contribution is 2.34. The van der Waals surface area contributed by atoms with Crippen LogP contribution in [-0.4, -0.2) is 18.1 Å². The summed E-state index contributed by atoms with van der Waals surface area (Å²) in [5.41, 5.74) is -3.16. The van der Waals surface area contributed by atoms with E-state index in [1.165, 1.54) is 19.2 Å². The molecule has 3 aromatic rings. The molecule has 0 spiro atoms. The summed E-state index contributed by atoms with van der Waals surface area (Å²) < 4.78 is 45.0. The molecule has 164 valence electrons. The van der Waals surface area contributed by atoms with E-state index < -0.39 is 28.8 Å². The fourth-order valence-corrected chi connectivity index (χ4v) is 3.29. The predicted octanol–water partition coefficient (Wildman–Crippen LogP) is 4.65. The van der Waals surface area contributed by atoms with E-state index in [0.29, 0.717) is 17.4 Å². The second-order valence-corrected chi connectivity index (χ2v) is 7.08. The van der Waals surface area contributed by atoms with Gasteiger partial charge in [-0.2, -0.15) is 18.4 Å². The summed E-state index contributed by atoms with van der Waals surface area (Å²) in [5.74, 6) is -0.385. The zero-order valence-electron chi connectivity index (χ0n) is 17.0. The maximum atomic E-state index is 13.3. The minimum Gasteiger partial charge on any atom is -0.497 e. The minimum atomic E-state index is -4.78. The van der Waals surface area contributed by atoms with Crippen molar-refractivity contribution in [3.05, 3.63) is 95.1 Å². The lowest BCUT2D eigenvalue weighted by atomic mass is 9.86. The van der Waals surface area contributed by atoms with Crippen LogP contribution in [0.3, 0.4) is 0 Å². The molecule has 3 aromatic carbocycles. The first kappa shape index (κ1) is 22.8. The van der Waals surface area contributed by atoms with E-state index in [9.17, 15) is 23.1 Å². The second kappa shape index (κ2) is 9.12. The first-order valence-electron chi connectivity index (χ1n) is 9.51. The number of carbonyl (C=O) groups is 1. The van der Waals surface area contributed by atoms with E-state index in [4.69, 9.17) is 10.00 Å². The lowest BCUT2D eigenvalue weighted by Crippen LogP contribution is -2.42. The number of anilines is 1. The highest BCUT2D eigenvalue weighted by atomic mass is 19.4. The molecule has 0 aliphatic rings. The van der Waals surface area contributed by atoms with Gasteiger partial charge in [0, 0.05) is 12.1 Å². The van der Waals surface area contributed by atoms with Crippen LogP contribution >= 0.6 is 0 Å². The van der Waals surface area contributed by atoms with Crippen molar-refractivity contribution in [3.8, 4) is 11.8 Å². The molecule has 0 saturated heterocycles. The Hall–Kier alpha value is -3.83. The van der Waals surface area contributed by atoms with E-state index in [-0.39, 0.29) is 17.7 Å². The lowest BCUT2D eigenvalue weighted by molar-refractivity contribution is -0.138. The number of carbonyl (C=O) groups excluding carboxylic acids is 1. The number of hydrogen-bond donors (Lipinski definition) is 2. The van der Waals surface area contributed by atoms with E-state index >= 15 is 0 Å². The third-order valence-electron chi connectivity index (χ3n) is 4.92. The van der Waals surface area contributed by atoms with Gasteiger partial charge in [-0.1, -0.05) is 42.5 Å². The van der Waals surface area contributed by atoms with Crippen molar-refractivity contribution in [2.75, 3.05) is 12.4 Å². The molecule has 0 aromatic heterocycles. The molecule has 0 heterocycles. The Morgan fingerprint density at radius 2 is 1.78 bits per heavy atom. The number of methoxy groups -OCH3 is 1. The SMILES string of the molecule is COc1cccc(CC(O)(C(=O)Nc2ccc(C#N)c(C(F)(F)F)c2)c2ccccc2)c1. The molecule has 1 atom stereocenters. The van der Waals surface area contributed by atoms with Crippen molar-refractivity contribution >= 4 is 11.6 Å². The largest absolute Gasteiger partial charge is 0.497 e. The molecule has 32 heavy (non-hydrogen) atoms. The second-order valence-electron chi connectivity index (χ2n) is 7.08. The van der Waals surface area contributed by atoms with Crippen LogP contribution in [0, 0.1) is 11.3 Å². The van der Waals surface area contributed by atoms with Gasteiger partial charge in [0.1, 0.15) is 5.75 Å². The Labute approximate surface area is 182 Å². The molecular weight excluding hydrogens is 421 g/mol. The van der Waals surface area contributed by atoms with Gasteiger partial charge in [-0.15, -0.1) is 0 Å². The summed E-state index contributed by atoms with van der Waals surface area (Å²) in [7, 11) is 1.48. The Balaban J connectivity index is 1.99. The zero-order chi connectivity index (χ0) is 23.4. The van der Waals surface area contributed by atoms with Crippen LogP contribution in [0.25, 0.3) is 0 Å². The summed E-state index contributed by atoms with van der Waals surface area (Å²) >= 11 is 0. The molecule has 0 bridgehead atoms. The highest BCUT2D eigenvalue weighted by Gasteiger charge is 2.39. The third kappa shape index (κ3) is 4.90. The molecule has 0 saturated carbocycles. The number of amides is 1. The zero-order valence-corrected chi connectivity index (χ0v) is 17.0. The number of rotatable bonds is 6. The van der Waals surface area contributed by atoms with Gasteiger partial charge in [-0.25, -0.2) is 0 Å². The van der Waals surface area contributed by atoms with Gasteiger partial charge < -0.3 is 15.2 Å². The number of aliphatic hydroxyl groups is 1. The summed E-state index contributed by atoms with van der Waals surface area (Å²) in [4.78, 5) is 13.2. The number of nitrogens with zero attached hydrogens (tertiary/aromatic N) is 1. The van der Waals surface area contributed by atoms with Crippen LogP contribution < -0.4 is 10.1 Å². The molecular formula is C24H19F3N2O3. The fourth-order valence-electron chi connectivity index (χ4n) is 3.29. The Morgan fingerprint density at radius 1 is 1.06 bits per heavy atom. The first-order valence-corrected chi connectivity index (χ1v) is 9.51. The number of halogens is 3. The molecule has 5 nitrogen and oxygen atoms in total. The molecule has 0 aliphatic heterocycles. The Kier molecular flexibility index (Phi) is 6.51. The molecule has 0 fully saturated rings. The number of nitrogens with one attached hydrogen (secondary N) is 1. The van der Waals surface area contributed by atoms with Gasteiger partial charge in [-0.05, 0) is 41.5 Å². The van der Waals surface area contributed by atoms with Crippen molar-refractivity contribution in [2.24, 2.45) is 0 Å². The smallest absolute Gasteiger partial charge is 0.417 e. The fraction of sp³-hybridized carbons (Fsp3) is 0.167. The molecule has 0 radical (unpaired) electrons. The quantitative estimate of drug-likeness (QED) is 0.584. The molecule has 3 rings (SSSR count). The lowest BCUT2D eigenvalue weighted by Gasteiger charge is -2.28. The van der Waals surface area contributed by atoms with Gasteiger partial charge in [0.25, 0.3) is 5.91 Å². The monoisotopic (exact) mass is 440 g/mol. The summed E-state index contributed by atoms with van der Waals surface area (Å²) in [6.45, 7) is 0. The van der Waals surface area contributed by atoms with Crippen molar-refractivity contribution in [3.63, 3.8) is 0 Å². The molecule has 8 heteroatoms. The van der Waals surface area contributed by atoms with E-state index in [0.717, 1.165) is 6.07 Å². The van der Waals surface area contributed by atoms with Crippen LogP contribution in [0.4, 0.5) is 18.9 Å². The molecule has 0 aliphatic carbocycles. The summed E-state index contributed by atoms with van der Waals surface area (Å²) in [6, 6.07) is 19.2. The number of benzene rings is 3. The van der Waals surface area contributed by atoms with Crippen molar-refractivity contribution < 1.29 is 27.8 Å². The number of ether oxygens (including phenoxy) is 1. The van der Waals surface area contributed by atoms with Crippen molar-refractivity contribution in [1.29, 1.82) is 5.26 Å². The van der Waals surface area contributed by atoms with Crippen molar-refractivity contribution in [1.82, 2.24) is 0 Å². The van der Waals surface area contributed by atoms with Crippen LogP contribution in [-0.2, 0) is 23.0 Å². The van der Waals surface area contributed by atoms with E-state index in [1.54, 1.807) is 54.6 Å². The third-order valence-corrected chi connectivity index (χ3v) is 4.92. The van der Waals surface area contributed by atoms with Crippen LogP contribution in [0.2, 0.25) is 0 Å². The average Bonchev–Trinajstić information content (AvgIpc) is 2.79. The summed E-state index contributed by atoms with van der Waals surface area (Å²) in [5, 5.41) is 22.7. The minimum absolute atomic E-state index is 0.150. The van der Waals surface area contributed by atoms with Crippen LogP contribution in [0.5, 0.6) is 5.75 Å². The number of nitriles is 1. The van der Waals surface area contributed by atoms with E-state index in [2.05, 4.69) is 5.32 Å². The van der Waals surface area contributed by atoms with Gasteiger partial charge in [-0.3, -0.25) is 4.79 Å². The molecule has 2 N–H and O–H groups in total. The molecule has 1 amide bonds. The molecule has 1 unspecified atom stereocenters. The topological polar surface area (TPSA) is 82.3 Å². The normalized spacial score (nSPS) is 13.0. The standard InChI is InChI=1S/C24H19F3N2O3/c1-32-20-9-5-6-16(12-20)14-23(31,18-7-3-2-4-8-18)22(30)29-19-11-10-17(15-28)21(13-19)24(25,26)27/h2-13,31H,14H2,1H3,(H,29,30). The van der Waals surface area contributed by atoms with Gasteiger partial charge in [0.05, 0.1) is 24.3 Å². The van der Waals surface area contributed by atoms with Crippen LogP contribution in [0.15, 0.2) is 72.8 Å². The summed E-state index contributed by atoms with van der Waals surface area (Å²) in [6.07, 6.45) is -4.93. The van der Waals surface area contributed by atoms with Crippen molar-refractivity contribution in [2.45, 2.75) is 18.2 Å². The maximum Gasteiger partial charge on any atom is 0.417 e. The van der Waals surface area contributed by atoms with Crippen LogP contribution in [0.1, 0.15) is 22.3 Å². The van der Waals surface area contributed by atoms with E-state index in [1.807, 2.05) is 0 Å². The first-order chi connectivity index (χ1) is 15.2. The Morgan fingerprint density at radius 3 is 2.41 bits per heavy atom. The van der Waals surface area contributed by atoms with Gasteiger partial charge in [0.2, 0.25) is 0 Å². The number of hydrogen-bond acceptors (Lipinski definition) is 4. The maximum absolute atomic E-state index is 13.3. The van der Waals surface area contributed by atoms with Gasteiger partial charge in [0.15, 0.2) is 5.60 Å². The predicted molar refractivity (Wildman–Crippen MR) is 112 cm³/mol. The highest BCUT2D eigenvalue weighted by molar-refractivity contribution is 5.98.